The van der Waals surface area contributed by atoms with Gasteiger partial charge in [-0.25, -0.2) is 4.98 Å². The molecule has 1 saturated heterocycles. The zero-order valence-corrected chi connectivity index (χ0v) is 16.6. The largest absolute Gasteiger partial charge is 0.457 e. The smallest absolute Gasteiger partial charge is 0.202 e. The number of hydrogen-bond acceptors (Lipinski definition) is 4. The molecule has 2 unspecified atom stereocenters. The van der Waals surface area contributed by atoms with Crippen molar-refractivity contribution in [2.24, 2.45) is 0 Å². The summed E-state index contributed by atoms with van der Waals surface area (Å²) in [6.45, 7) is 6.82. The quantitative estimate of drug-likeness (QED) is 0.653. The van der Waals surface area contributed by atoms with E-state index in [-0.39, 0.29) is 6.10 Å². The molecule has 4 rings (SSSR count). The third-order valence-corrected chi connectivity index (χ3v) is 5.12. The van der Waals surface area contributed by atoms with E-state index in [4.69, 9.17) is 14.2 Å². The SMILES string of the molecule is CCC1COC(Cc2ncc[nH]2)(c2ccc(Oc3ccc(C)cc3C)cc2)O1. The molecule has 1 aliphatic rings. The summed E-state index contributed by atoms with van der Waals surface area (Å²) in [5.41, 5.74) is 3.31. The van der Waals surface area contributed by atoms with Gasteiger partial charge in [-0.3, -0.25) is 0 Å². The van der Waals surface area contributed by atoms with Crippen molar-refractivity contribution in [3.05, 3.63) is 77.4 Å². The van der Waals surface area contributed by atoms with Gasteiger partial charge in [0.25, 0.3) is 0 Å². The van der Waals surface area contributed by atoms with Crippen molar-refractivity contribution in [3.63, 3.8) is 0 Å². The van der Waals surface area contributed by atoms with E-state index in [1.165, 1.54) is 5.56 Å². The summed E-state index contributed by atoms with van der Waals surface area (Å²) >= 11 is 0. The maximum Gasteiger partial charge on any atom is 0.202 e. The van der Waals surface area contributed by atoms with E-state index >= 15 is 0 Å². The number of imidazole rings is 1. The van der Waals surface area contributed by atoms with Gasteiger partial charge in [0.15, 0.2) is 0 Å². The second-order valence-corrected chi connectivity index (χ2v) is 7.32. The van der Waals surface area contributed by atoms with Crippen LogP contribution in [0.15, 0.2) is 54.9 Å². The monoisotopic (exact) mass is 378 g/mol. The first-order valence-electron chi connectivity index (χ1n) is 9.73. The van der Waals surface area contributed by atoms with Gasteiger partial charge in [-0.05, 0) is 56.2 Å². The van der Waals surface area contributed by atoms with Gasteiger partial charge in [0, 0.05) is 18.0 Å². The van der Waals surface area contributed by atoms with Crippen LogP contribution in [0.4, 0.5) is 0 Å². The van der Waals surface area contributed by atoms with Crippen molar-refractivity contribution in [2.75, 3.05) is 6.61 Å². The fraction of sp³-hybridized carbons (Fsp3) is 0.348. The molecule has 2 atom stereocenters. The molecule has 1 aliphatic heterocycles. The van der Waals surface area contributed by atoms with E-state index in [9.17, 15) is 0 Å². The fourth-order valence-electron chi connectivity index (χ4n) is 3.54. The van der Waals surface area contributed by atoms with Crippen molar-refractivity contribution in [3.8, 4) is 11.5 Å². The molecule has 0 amide bonds. The Balaban J connectivity index is 1.57. The minimum absolute atomic E-state index is 0.0843. The zero-order chi connectivity index (χ0) is 19.6. The minimum atomic E-state index is -0.823. The summed E-state index contributed by atoms with van der Waals surface area (Å²) in [5, 5.41) is 0. The Hall–Kier alpha value is -2.63. The minimum Gasteiger partial charge on any atom is -0.457 e. The predicted octanol–water partition coefficient (Wildman–Crippen LogP) is 5.04. The lowest BCUT2D eigenvalue weighted by Crippen LogP contribution is -2.31. The molecule has 1 aromatic heterocycles. The lowest BCUT2D eigenvalue weighted by atomic mass is 10.0. The van der Waals surface area contributed by atoms with Gasteiger partial charge in [0.1, 0.15) is 17.3 Å². The van der Waals surface area contributed by atoms with Crippen molar-refractivity contribution in [1.82, 2.24) is 9.97 Å². The van der Waals surface area contributed by atoms with E-state index in [1.54, 1.807) is 6.20 Å². The van der Waals surface area contributed by atoms with Crippen LogP contribution in [0.2, 0.25) is 0 Å². The lowest BCUT2D eigenvalue weighted by molar-refractivity contribution is -0.177. The molecule has 0 bridgehead atoms. The average Bonchev–Trinajstić information content (AvgIpc) is 3.35. The van der Waals surface area contributed by atoms with Crippen LogP contribution in [0, 0.1) is 13.8 Å². The van der Waals surface area contributed by atoms with E-state index in [0.29, 0.717) is 13.0 Å². The maximum absolute atomic E-state index is 6.32. The molecule has 0 saturated carbocycles. The number of aryl methyl sites for hydroxylation is 2. The number of aromatic amines is 1. The van der Waals surface area contributed by atoms with Gasteiger partial charge in [0.05, 0.1) is 19.1 Å². The highest BCUT2D eigenvalue weighted by Gasteiger charge is 2.43. The van der Waals surface area contributed by atoms with Crippen molar-refractivity contribution < 1.29 is 14.2 Å². The molecule has 5 heteroatoms. The highest BCUT2D eigenvalue weighted by Crippen LogP contribution is 2.39. The fourth-order valence-corrected chi connectivity index (χ4v) is 3.54. The summed E-state index contributed by atoms with van der Waals surface area (Å²) in [6, 6.07) is 14.1. The number of H-pyrrole nitrogens is 1. The molecular formula is C23H26N2O3. The van der Waals surface area contributed by atoms with Gasteiger partial charge in [-0.15, -0.1) is 0 Å². The summed E-state index contributed by atoms with van der Waals surface area (Å²) in [6.07, 6.45) is 5.09. The van der Waals surface area contributed by atoms with Crippen LogP contribution < -0.4 is 4.74 Å². The zero-order valence-electron chi connectivity index (χ0n) is 16.6. The Morgan fingerprint density at radius 1 is 1.18 bits per heavy atom. The van der Waals surface area contributed by atoms with Gasteiger partial charge in [0.2, 0.25) is 5.79 Å². The molecule has 3 aromatic rings. The molecule has 5 nitrogen and oxygen atoms in total. The molecule has 1 fully saturated rings. The van der Waals surface area contributed by atoms with Crippen LogP contribution in [-0.4, -0.2) is 22.7 Å². The third kappa shape index (κ3) is 3.81. The number of hydrogen-bond donors (Lipinski definition) is 1. The molecule has 2 heterocycles. The van der Waals surface area contributed by atoms with E-state index in [2.05, 4.69) is 42.9 Å². The highest BCUT2D eigenvalue weighted by molar-refractivity contribution is 5.40. The number of aromatic nitrogens is 2. The molecule has 0 aliphatic carbocycles. The number of rotatable bonds is 6. The molecule has 28 heavy (non-hydrogen) atoms. The van der Waals surface area contributed by atoms with Crippen LogP contribution in [-0.2, 0) is 21.7 Å². The molecule has 146 valence electrons. The summed E-state index contributed by atoms with van der Waals surface area (Å²) < 4.78 is 18.6. The maximum atomic E-state index is 6.32. The molecular weight excluding hydrogens is 352 g/mol. The summed E-state index contributed by atoms with van der Waals surface area (Å²) in [7, 11) is 0. The second kappa shape index (κ2) is 7.78. The molecule has 1 N–H and O–H groups in total. The Morgan fingerprint density at radius 3 is 2.64 bits per heavy atom. The molecule has 2 aromatic carbocycles. The molecule has 0 spiro atoms. The van der Waals surface area contributed by atoms with Crippen LogP contribution >= 0.6 is 0 Å². The first-order valence-corrected chi connectivity index (χ1v) is 9.73. The Bertz CT molecular complexity index is 922. The highest BCUT2D eigenvalue weighted by atomic mass is 16.7. The van der Waals surface area contributed by atoms with Crippen LogP contribution in [0.25, 0.3) is 0 Å². The van der Waals surface area contributed by atoms with Gasteiger partial charge >= 0.3 is 0 Å². The number of nitrogens with zero attached hydrogens (tertiary/aromatic N) is 1. The Labute approximate surface area is 165 Å². The summed E-state index contributed by atoms with van der Waals surface area (Å²) in [4.78, 5) is 7.50. The summed E-state index contributed by atoms with van der Waals surface area (Å²) in [5.74, 6) is 1.67. The van der Waals surface area contributed by atoms with Crippen LogP contribution in [0.5, 0.6) is 11.5 Å². The Kier molecular flexibility index (Phi) is 5.20. The number of nitrogens with one attached hydrogen (secondary N) is 1. The van der Waals surface area contributed by atoms with Crippen LogP contribution in [0.1, 0.15) is 35.9 Å². The third-order valence-electron chi connectivity index (χ3n) is 5.12. The topological polar surface area (TPSA) is 56.4 Å². The Morgan fingerprint density at radius 2 is 2.00 bits per heavy atom. The number of benzene rings is 2. The van der Waals surface area contributed by atoms with Crippen molar-refractivity contribution >= 4 is 0 Å². The first kappa shape index (κ1) is 18.7. The first-order chi connectivity index (χ1) is 13.6. The standard InChI is InChI=1S/C23H26N2O3/c1-4-19-15-26-23(28-19,14-22-24-11-12-25-22)18-6-8-20(9-7-18)27-21-10-5-16(2)13-17(21)3/h5-13,19H,4,14-15H2,1-3H3,(H,24,25). The lowest BCUT2D eigenvalue weighted by Gasteiger charge is -2.28. The number of ether oxygens (including phenoxy) is 3. The van der Waals surface area contributed by atoms with E-state index < -0.39 is 5.79 Å². The second-order valence-electron chi connectivity index (χ2n) is 7.32. The normalized spacial score (nSPS) is 21.8. The van der Waals surface area contributed by atoms with E-state index in [0.717, 1.165) is 34.9 Å². The van der Waals surface area contributed by atoms with Crippen LogP contribution in [0.3, 0.4) is 0 Å². The van der Waals surface area contributed by atoms with Crippen molar-refractivity contribution in [1.29, 1.82) is 0 Å². The van der Waals surface area contributed by atoms with E-state index in [1.807, 2.05) is 36.5 Å². The predicted molar refractivity (Wildman–Crippen MR) is 108 cm³/mol. The molecule has 0 radical (unpaired) electrons. The van der Waals surface area contributed by atoms with Gasteiger partial charge < -0.3 is 19.2 Å². The average molecular weight is 378 g/mol. The van der Waals surface area contributed by atoms with Gasteiger partial charge in [-0.2, -0.15) is 0 Å². The van der Waals surface area contributed by atoms with Crippen molar-refractivity contribution in [2.45, 2.75) is 45.5 Å². The van der Waals surface area contributed by atoms with Gasteiger partial charge in [-0.1, -0.05) is 24.6 Å².